The number of rotatable bonds is 3. The second-order valence-electron chi connectivity index (χ2n) is 6.34. The second kappa shape index (κ2) is 6.93. The SMILES string of the molecule is Cc1cc(-c2ccccc2)cc(C)c1/C=C/C1CCNCC1. The minimum atomic E-state index is 0.730. The van der Waals surface area contributed by atoms with Gasteiger partial charge in [0.1, 0.15) is 0 Å². The summed E-state index contributed by atoms with van der Waals surface area (Å²) in [6.45, 7) is 6.75. The Morgan fingerprint density at radius 3 is 2.18 bits per heavy atom. The molecule has 0 unspecified atom stereocenters. The van der Waals surface area contributed by atoms with Crippen molar-refractivity contribution in [2.24, 2.45) is 5.92 Å². The molecule has 22 heavy (non-hydrogen) atoms. The first-order chi connectivity index (χ1) is 10.7. The van der Waals surface area contributed by atoms with Crippen molar-refractivity contribution in [3.05, 3.63) is 65.2 Å². The number of nitrogens with one attached hydrogen (secondary N) is 1. The molecule has 0 spiro atoms. The van der Waals surface area contributed by atoms with Crippen LogP contribution < -0.4 is 5.32 Å². The Hall–Kier alpha value is -1.86. The minimum Gasteiger partial charge on any atom is -0.317 e. The zero-order chi connectivity index (χ0) is 15.4. The Kier molecular flexibility index (Phi) is 4.74. The van der Waals surface area contributed by atoms with Crippen molar-refractivity contribution < 1.29 is 0 Å². The Labute approximate surface area is 134 Å². The van der Waals surface area contributed by atoms with E-state index >= 15 is 0 Å². The number of hydrogen-bond donors (Lipinski definition) is 1. The molecule has 0 aliphatic carbocycles. The predicted octanol–water partition coefficient (Wildman–Crippen LogP) is 4.98. The van der Waals surface area contributed by atoms with Gasteiger partial charge in [0.15, 0.2) is 0 Å². The van der Waals surface area contributed by atoms with Gasteiger partial charge in [-0.2, -0.15) is 0 Å². The van der Waals surface area contributed by atoms with Crippen LogP contribution in [-0.4, -0.2) is 13.1 Å². The summed E-state index contributed by atoms with van der Waals surface area (Å²) in [5.74, 6) is 0.730. The molecule has 0 radical (unpaired) electrons. The summed E-state index contributed by atoms with van der Waals surface area (Å²) in [7, 11) is 0. The van der Waals surface area contributed by atoms with E-state index in [9.17, 15) is 0 Å². The molecule has 114 valence electrons. The lowest BCUT2D eigenvalue weighted by molar-refractivity contribution is 0.438. The summed E-state index contributed by atoms with van der Waals surface area (Å²) < 4.78 is 0. The number of aryl methyl sites for hydroxylation is 2. The number of piperidine rings is 1. The molecule has 0 atom stereocenters. The van der Waals surface area contributed by atoms with Crippen LogP contribution in [-0.2, 0) is 0 Å². The van der Waals surface area contributed by atoms with Crippen LogP contribution in [0.15, 0.2) is 48.5 Å². The van der Waals surface area contributed by atoms with Crippen LogP contribution in [0.5, 0.6) is 0 Å². The third kappa shape index (κ3) is 3.48. The summed E-state index contributed by atoms with van der Waals surface area (Å²) in [6, 6.07) is 15.3. The summed E-state index contributed by atoms with van der Waals surface area (Å²) >= 11 is 0. The molecule has 1 nitrogen and oxygen atoms in total. The average Bonchev–Trinajstić information content (AvgIpc) is 2.56. The molecule has 3 rings (SSSR count). The Morgan fingerprint density at radius 1 is 0.909 bits per heavy atom. The van der Waals surface area contributed by atoms with Crippen LogP contribution in [0.4, 0.5) is 0 Å². The summed E-state index contributed by atoms with van der Waals surface area (Å²) in [5.41, 5.74) is 6.73. The molecule has 1 aliphatic rings. The van der Waals surface area contributed by atoms with E-state index in [1.807, 2.05) is 0 Å². The van der Waals surface area contributed by atoms with E-state index < -0.39 is 0 Å². The molecular formula is C21H25N. The van der Waals surface area contributed by atoms with Crippen molar-refractivity contribution in [1.82, 2.24) is 5.32 Å². The van der Waals surface area contributed by atoms with Crippen molar-refractivity contribution >= 4 is 6.08 Å². The molecule has 0 saturated carbocycles. The lowest BCUT2D eigenvalue weighted by Gasteiger charge is -2.19. The van der Waals surface area contributed by atoms with Crippen molar-refractivity contribution in [2.75, 3.05) is 13.1 Å². The van der Waals surface area contributed by atoms with Gasteiger partial charge in [-0.1, -0.05) is 54.6 Å². The van der Waals surface area contributed by atoms with Crippen LogP contribution in [0.1, 0.15) is 29.5 Å². The van der Waals surface area contributed by atoms with Crippen LogP contribution in [0, 0.1) is 19.8 Å². The Balaban J connectivity index is 1.85. The lowest BCUT2D eigenvalue weighted by atomic mass is 9.92. The molecule has 0 bridgehead atoms. The summed E-state index contributed by atoms with van der Waals surface area (Å²) in [4.78, 5) is 0. The maximum Gasteiger partial charge on any atom is -0.00433 e. The topological polar surface area (TPSA) is 12.0 Å². The van der Waals surface area contributed by atoms with E-state index in [2.05, 4.69) is 73.8 Å². The van der Waals surface area contributed by atoms with Gasteiger partial charge in [-0.25, -0.2) is 0 Å². The van der Waals surface area contributed by atoms with Crippen molar-refractivity contribution in [3.63, 3.8) is 0 Å². The van der Waals surface area contributed by atoms with E-state index in [1.165, 1.54) is 40.7 Å². The fraction of sp³-hybridized carbons (Fsp3) is 0.333. The highest BCUT2D eigenvalue weighted by Crippen LogP contribution is 2.26. The molecule has 0 aromatic heterocycles. The largest absolute Gasteiger partial charge is 0.317 e. The minimum absolute atomic E-state index is 0.730. The van der Waals surface area contributed by atoms with Crippen LogP contribution in [0.25, 0.3) is 17.2 Å². The molecule has 1 heteroatoms. The molecule has 0 amide bonds. The van der Waals surface area contributed by atoms with Gasteiger partial charge in [-0.15, -0.1) is 0 Å². The predicted molar refractivity (Wildman–Crippen MR) is 96.0 cm³/mol. The Bertz CT molecular complexity index is 626. The zero-order valence-corrected chi connectivity index (χ0v) is 13.6. The molecule has 1 N–H and O–H groups in total. The highest BCUT2D eigenvalue weighted by atomic mass is 14.9. The normalized spacial score (nSPS) is 16.3. The van der Waals surface area contributed by atoms with Gasteiger partial charge < -0.3 is 5.32 Å². The van der Waals surface area contributed by atoms with E-state index in [0.29, 0.717) is 0 Å². The van der Waals surface area contributed by atoms with Crippen LogP contribution in [0.2, 0.25) is 0 Å². The third-order valence-electron chi connectivity index (χ3n) is 4.62. The fourth-order valence-corrected chi connectivity index (χ4v) is 3.30. The highest BCUT2D eigenvalue weighted by Gasteiger charge is 2.10. The lowest BCUT2D eigenvalue weighted by Crippen LogP contribution is -2.26. The van der Waals surface area contributed by atoms with Gasteiger partial charge in [0.05, 0.1) is 0 Å². The molecular weight excluding hydrogens is 266 g/mol. The summed E-state index contributed by atoms with van der Waals surface area (Å²) in [5, 5.41) is 3.43. The zero-order valence-electron chi connectivity index (χ0n) is 13.6. The van der Waals surface area contributed by atoms with Crippen LogP contribution >= 0.6 is 0 Å². The molecule has 1 heterocycles. The number of allylic oxidation sites excluding steroid dienone is 1. The molecule has 2 aromatic rings. The highest BCUT2D eigenvalue weighted by molar-refractivity contribution is 5.70. The van der Waals surface area contributed by atoms with Crippen molar-refractivity contribution in [2.45, 2.75) is 26.7 Å². The van der Waals surface area contributed by atoms with Crippen molar-refractivity contribution in [1.29, 1.82) is 0 Å². The van der Waals surface area contributed by atoms with Crippen LogP contribution in [0.3, 0.4) is 0 Å². The Morgan fingerprint density at radius 2 is 1.55 bits per heavy atom. The summed E-state index contributed by atoms with van der Waals surface area (Å²) in [6.07, 6.45) is 7.28. The smallest absolute Gasteiger partial charge is 0.00433 e. The molecule has 1 aliphatic heterocycles. The third-order valence-corrected chi connectivity index (χ3v) is 4.62. The van der Waals surface area contributed by atoms with Gasteiger partial charge in [0.2, 0.25) is 0 Å². The first-order valence-electron chi connectivity index (χ1n) is 8.29. The van der Waals surface area contributed by atoms with E-state index in [4.69, 9.17) is 0 Å². The van der Waals surface area contributed by atoms with Gasteiger partial charge in [0.25, 0.3) is 0 Å². The van der Waals surface area contributed by atoms with Gasteiger partial charge >= 0.3 is 0 Å². The second-order valence-corrected chi connectivity index (χ2v) is 6.34. The standard InChI is InChI=1S/C21H25N/c1-16-14-20(19-6-4-3-5-7-19)15-17(2)21(16)9-8-18-10-12-22-13-11-18/h3-9,14-15,18,22H,10-13H2,1-2H3/b9-8+. The average molecular weight is 291 g/mol. The first-order valence-corrected chi connectivity index (χ1v) is 8.29. The first kappa shape index (κ1) is 15.1. The number of hydrogen-bond acceptors (Lipinski definition) is 1. The molecule has 1 fully saturated rings. The quantitative estimate of drug-likeness (QED) is 0.840. The van der Waals surface area contributed by atoms with Gasteiger partial charge in [-0.05, 0) is 73.5 Å². The maximum atomic E-state index is 3.43. The number of benzene rings is 2. The monoisotopic (exact) mass is 291 g/mol. The van der Waals surface area contributed by atoms with E-state index in [-0.39, 0.29) is 0 Å². The fourth-order valence-electron chi connectivity index (χ4n) is 3.30. The van der Waals surface area contributed by atoms with Gasteiger partial charge in [0, 0.05) is 0 Å². The van der Waals surface area contributed by atoms with Crippen molar-refractivity contribution in [3.8, 4) is 11.1 Å². The van der Waals surface area contributed by atoms with E-state index in [0.717, 1.165) is 19.0 Å². The van der Waals surface area contributed by atoms with Gasteiger partial charge in [-0.3, -0.25) is 0 Å². The van der Waals surface area contributed by atoms with E-state index in [1.54, 1.807) is 0 Å². The molecule has 2 aromatic carbocycles. The molecule has 1 saturated heterocycles. The maximum absolute atomic E-state index is 3.43.